The third-order valence-corrected chi connectivity index (χ3v) is 3.84. The minimum atomic E-state index is 0.860. The lowest BCUT2D eigenvalue weighted by atomic mass is 9.93. The first-order chi connectivity index (χ1) is 6.84. The Hall–Kier alpha value is -0.0800. The summed E-state index contributed by atoms with van der Waals surface area (Å²) in [6.07, 6.45) is 7.08. The van der Waals surface area contributed by atoms with Gasteiger partial charge in [0.1, 0.15) is 0 Å². The van der Waals surface area contributed by atoms with E-state index in [9.17, 15) is 0 Å². The molecule has 2 aliphatic rings. The molecule has 1 N–H and O–H groups in total. The molecule has 0 spiro atoms. The van der Waals surface area contributed by atoms with Crippen LogP contribution in [0.25, 0.3) is 0 Å². The first-order valence-electron chi connectivity index (χ1n) is 6.30. The van der Waals surface area contributed by atoms with Crippen LogP contribution in [-0.2, 0) is 0 Å². The van der Waals surface area contributed by atoms with Crippen molar-refractivity contribution in [2.75, 3.05) is 26.2 Å². The van der Waals surface area contributed by atoms with Crippen LogP contribution in [0, 0.1) is 5.92 Å². The van der Waals surface area contributed by atoms with Crippen molar-refractivity contribution in [1.29, 1.82) is 0 Å². The van der Waals surface area contributed by atoms with Crippen LogP contribution in [-0.4, -0.2) is 37.1 Å². The summed E-state index contributed by atoms with van der Waals surface area (Å²) >= 11 is 0. The van der Waals surface area contributed by atoms with Crippen LogP contribution in [0.2, 0.25) is 0 Å². The number of hydrogen-bond donors (Lipinski definition) is 1. The lowest BCUT2D eigenvalue weighted by Crippen LogP contribution is -2.42. The van der Waals surface area contributed by atoms with Gasteiger partial charge in [-0.2, -0.15) is 0 Å². The summed E-state index contributed by atoms with van der Waals surface area (Å²) in [5, 5.41) is 3.64. The first-order valence-corrected chi connectivity index (χ1v) is 6.30. The molecular weight excluding hydrogens is 172 g/mol. The molecule has 1 aliphatic carbocycles. The van der Waals surface area contributed by atoms with Gasteiger partial charge in [-0.25, -0.2) is 0 Å². The van der Waals surface area contributed by atoms with Crippen molar-refractivity contribution in [1.82, 2.24) is 10.2 Å². The van der Waals surface area contributed by atoms with Crippen molar-refractivity contribution in [3.8, 4) is 0 Å². The van der Waals surface area contributed by atoms with E-state index in [-0.39, 0.29) is 0 Å². The third-order valence-electron chi connectivity index (χ3n) is 3.84. The Bertz CT molecular complexity index is 158. The summed E-state index contributed by atoms with van der Waals surface area (Å²) in [6.45, 7) is 7.51. The summed E-state index contributed by atoms with van der Waals surface area (Å²) in [5.74, 6) is 0.964. The molecule has 0 amide bonds. The highest BCUT2D eigenvalue weighted by Gasteiger charge is 2.18. The van der Waals surface area contributed by atoms with E-state index in [2.05, 4.69) is 17.1 Å². The van der Waals surface area contributed by atoms with E-state index in [1.165, 1.54) is 58.3 Å². The van der Waals surface area contributed by atoms with Crippen molar-refractivity contribution in [2.45, 2.75) is 45.1 Å². The molecule has 2 fully saturated rings. The van der Waals surface area contributed by atoms with Gasteiger partial charge in [0.05, 0.1) is 0 Å². The zero-order valence-electron chi connectivity index (χ0n) is 9.47. The predicted octanol–water partition coefficient (Wildman–Crippen LogP) is 1.86. The Morgan fingerprint density at radius 1 is 1.14 bits per heavy atom. The second kappa shape index (κ2) is 5.13. The van der Waals surface area contributed by atoms with Crippen LogP contribution >= 0.6 is 0 Å². The number of likely N-dealkylation sites (tertiary alicyclic amines) is 1. The van der Waals surface area contributed by atoms with Gasteiger partial charge in [0.2, 0.25) is 0 Å². The Labute approximate surface area is 88.1 Å². The molecule has 0 aromatic carbocycles. The molecule has 0 unspecified atom stereocenters. The molecular formula is C12H24N2. The quantitative estimate of drug-likeness (QED) is 0.738. The van der Waals surface area contributed by atoms with Gasteiger partial charge in [0.15, 0.2) is 0 Å². The molecule has 0 aromatic heterocycles. The molecule has 1 aliphatic heterocycles. The van der Waals surface area contributed by atoms with E-state index >= 15 is 0 Å². The largest absolute Gasteiger partial charge is 0.313 e. The van der Waals surface area contributed by atoms with Crippen LogP contribution in [0.4, 0.5) is 0 Å². The zero-order valence-corrected chi connectivity index (χ0v) is 9.47. The normalized spacial score (nSPS) is 26.4. The van der Waals surface area contributed by atoms with E-state index in [0.29, 0.717) is 0 Å². The lowest BCUT2D eigenvalue weighted by Gasteiger charge is -2.32. The summed E-state index contributed by atoms with van der Waals surface area (Å²) < 4.78 is 0. The molecule has 82 valence electrons. The topological polar surface area (TPSA) is 15.3 Å². The monoisotopic (exact) mass is 196 g/mol. The van der Waals surface area contributed by atoms with Crippen molar-refractivity contribution >= 4 is 0 Å². The molecule has 1 saturated heterocycles. The maximum atomic E-state index is 3.64. The van der Waals surface area contributed by atoms with Crippen molar-refractivity contribution in [3.63, 3.8) is 0 Å². The van der Waals surface area contributed by atoms with Crippen LogP contribution < -0.4 is 5.32 Å². The highest BCUT2D eigenvalue weighted by Crippen LogP contribution is 2.18. The summed E-state index contributed by atoms with van der Waals surface area (Å²) in [7, 11) is 0. The fourth-order valence-corrected chi connectivity index (χ4v) is 2.32. The lowest BCUT2D eigenvalue weighted by molar-refractivity contribution is 0.187. The van der Waals surface area contributed by atoms with Crippen LogP contribution in [0.1, 0.15) is 39.0 Å². The standard InChI is InChI=1S/C12H24N2/c1-11-5-8-14(9-6-11)10-7-13-12-3-2-4-12/h11-13H,2-10H2,1H3. The van der Waals surface area contributed by atoms with E-state index in [0.717, 1.165) is 12.0 Å². The van der Waals surface area contributed by atoms with E-state index < -0.39 is 0 Å². The van der Waals surface area contributed by atoms with Crippen LogP contribution in [0.5, 0.6) is 0 Å². The van der Waals surface area contributed by atoms with Gasteiger partial charge < -0.3 is 10.2 Å². The molecule has 0 bridgehead atoms. The smallest absolute Gasteiger partial charge is 0.0107 e. The number of nitrogens with one attached hydrogen (secondary N) is 1. The minimum absolute atomic E-state index is 0.860. The van der Waals surface area contributed by atoms with Gasteiger partial charge in [-0.05, 0) is 44.7 Å². The molecule has 2 nitrogen and oxygen atoms in total. The third kappa shape index (κ3) is 2.96. The van der Waals surface area contributed by atoms with E-state index in [4.69, 9.17) is 0 Å². The zero-order chi connectivity index (χ0) is 9.80. The number of nitrogens with zero attached hydrogens (tertiary/aromatic N) is 1. The van der Waals surface area contributed by atoms with Crippen LogP contribution in [0.15, 0.2) is 0 Å². The Morgan fingerprint density at radius 2 is 1.86 bits per heavy atom. The predicted molar refractivity (Wildman–Crippen MR) is 60.5 cm³/mol. The van der Waals surface area contributed by atoms with Gasteiger partial charge in [-0.15, -0.1) is 0 Å². The van der Waals surface area contributed by atoms with Crippen molar-refractivity contribution < 1.29 is 0 Å². The molecule has 14 heavy (non-hydrogen) atoms. The fourth-order valence-electron chi connectivity index (χ4n) is 2.32. The number of piperidine rings is 1. The summed E-state index contributed by atoms with van der Waals surface area (Å²) in [5.41, 5.74) is 0. The summed E-state index contributed by atoms with van der Waals surface area (Å²) in [6, 6.07) is 0.860. The molecule has 1 saturated carbocycles. The van der Waals surface area contributed by atoms with Gasteiger partial charge in [0, 0.05) is 19.1 Å². The fraction of sp³-hybridized carbons (Fsp3) is 1.00. The van der Waals surface area contributed by atoms with Gasteiger partial charge in [-0.3, -0.25) is 0 Å². The van der Waals surface area contributed by atoms with E-state index in [1.807, 2.05) is 0 Å². The van der Waals surface area contributed by atoms with E-state index in [1.54, 1.807) is 0 Å². The van der Waals surface area contributed by atoms with Crippen LogP contribution in [0.3, 0.4) is 0 Å². The molecule has 0 radical (unpaired) electrons. The Balaban J connectivity index is 1.52. The second-order valence-electron chi connectivity index (χ2n) is 5.11. The number of rotatable bonds is 4. The maximum Gasteiger partial charge on any atom is 0.0107 e. The van der Waals surface area contributed by atoms with Gasteiger partial charge in [-0.1, -0.05) is 13.3 Å². The molecule has 2 heteroatoms. The second-order valence-corrected chi connectivity index (χ2v) is 5.11. The highest BCUT2D eigenvalue weighted by molar-refractivity contribution is 4.77. The Morgan fingerprint density at radius 3 is 2.43 bits per heavy atom. The van der Waals surface area contributed by atoms with Gasteiger partial charge >= 0.3 is 0 Å². The molecule has 0 aromatic rings. The average molecular weight is 196 g/mol. The average Bonchev–Trinajstić information content (AvgIpc) is 2.12. The Kier molecular flexibility index (Phi) is 3.82. The minimum Gasteiger partial charge on any atom is -0.313 e. The highest BCUT2D eigenvalue weighted by atomic mass is 15.1. The molecule has 2 rings (SSSR count). The first kappa shape index (κ1) is 10.4. The molecule has 1 heterocycles. The SMILES string of the molecule is CC1CCN(CCNC2CCC2)CC1. The van der Waals surface area contributed by atoms with Crippen molar-refractivity contribution in [3.05, 3.63) is 0 Å². The van der Waals surface area contributed by atoms with Gasteiger partial charge in [0.25, 0.3) is 0 Å². The summed E-state index contributed by atoms with van der Waals surface area (Å²) in [4.78, 5) is 2.62. The maximum absolute atomic E-state index is 3.64. The van der Waals surface area contributed by atoms with Crippen molar-refractivity contribution in [2.24, 2.45) is 5.92 Å². The number of hydrogen-bond acceptors (Lipinski definition) is 2. The molecule has 0 atom stereocenters.